The van der Waals surface area contributed by atoms with E-state index in [1.54, 1.807) is 0 Å². The van der Waals surface area contributed by atoms with Gasteiger partial charge in [-0.2, -0.15) is 5.26 Å². The molecular weight excluding hydrogens is 791 g/mol. The Labute approximate surface area is 376 Å². The molecule has 0 fully saturated rings. The standard InChI is InChI=1S/C60H39N5/c1-39-55(64-56-27-10-8-21-47(56)49-36-44(29-32-58(49)64)53-25-13-23-51(62-53)41-16-4-2-5-17-41)34-31-46(43-20-12-15-40(35-43)38-61)60(39)65-57-28-11-9-22-48(57)50-37-45(30-33-59(50)65)54-26-14-24-52(63-54)42-18-6-3-7-19-42/h2-37H,1H3. The molecule has 0 saturated carbocycles. The number of hydrogen-bond acceptors (Lipinski definition) is 3. The van der Waals surface area contributed by atoms with E-state index < -0.39 is 0 Å². The molecule has 12 aromatic rings. The van der Waals surface area contributed by atoms with Gasteiger partial charge < -0.3 is 9.13 Å². The van der Waals surface area contributed by atoms with E-state index in [1.807, 2.05) is 30.3 Å². The Morgan fingerprint density at radius 3 is 1.40 bits per heavy atom. The summed E-state index contributed by atoms with van der Waals surface area (Å²) in [5, 5.41) is 14.7. The van der Waals surface area contributed by atoms with Crippen LogP contribution in [0.5, 0.6) is 0 Å². The van der Waals surface area contributed by atoms with E-state index in [2.05, 4.69) is 210 Å². The highest BCUT2D eigenvalue weighted by molar-refractivity contribution is 6.12. The molecule has 0 amide bonds. The van der Waals surface area contributed by atoms with Crippen molar-refractivity contribution in [2.75, 3.05) is 0 Å². The van der Waals surface area contributed by atoms with Crippen molar-refractivity contribution < 1.29 is 0 Å². The molecule has 8 aromatic carbocycles. The first-order chi connectivity index (χ1) is 32.1. The number of para-hydroxylation sites is 2. The maximum absolute atomic E-state index is 10.1. The van der Waals surface area contributed by atoms with Crippen LogP contribution in [0.1, 0.15) is 11.1 Å². The molecule has 0 aliphatic rings. The minimum Gasteiger partial charge on any atom is -0.309 e. The molecule has 0 atom stereocenters. The molecule has 0 bridgehead atoms. The minimum absolute atomic E-state index is 0.620. The summed E-state index contributed by atoms with van der Waals surface area (Å²) in [5.41, 5.74) is 18.3. The quantitative estimate of drug-likeness (QED) is 0.161. The Balaban J connectivity index is 1.08. The lowest BCUT2D eigenvalue weighted by molar-refractivity contribution is 1.10. The Morgan fingerprint density at radius 2 is 0.831 bits per heavy atom. The molecule has 12 rings (SSSR count). The van der Waals surface area contributed by atoms with Gasteiger partial charge in [-0.1, -0.05) is 140 Å². The van der Waals surface area contributed by atoms with Gasteiger partial charge in [0.2, 0.25) is 0 Å². The lowest BCUT2D eigenvalue weighted by Gasteiger charge is -2.21. The molecule has 0 aliphatic heterocycles. The van der Waals surface area contributed by atoms with Crippen molar-refractivity contribution in [3.63, 3.8) is 0 Å². The molecule has 0 N–H and O–H groups in total. The molecule has 304 valence electrons. The number of aromatic nitrogens is 4. The van der Waals surface area contributed by atoms with Gasteiger partial charge in [-0.05, 0) is 96.9 Å². The first kappa shape index (κ1) is 37.9. The van der Waals surface area contributed by atoms with E-state index in [1.165, 1.54) is 5.39 Å². The van der Waals surface area contributed by atoms with E-state index >= 15 is 0 Å². The first-order valence-electron chi connectivity index (χ1n) is 21.9. The summed E-state index contributed by atoms with van der Waals surface area (Å²) in [6.07, 6.45) is 0. The third-order valence-corrected chi connectivity index (χ3v) is 12.7. The zero-order chi connectivity index (χ0) is 43.4. The lowest BCUT2D eigenvalue weighted by Crippen LogP contribution is -2.05. The smallest absolute Gasteiger partial charge is 0.0991 e. The SMILES string of the molecule is Cc1c(-n2c3ccccc3c3cc(-c4cccc(-c5ccccc5)n4)ccc32)ccc(-c2cccc(C#N)c2)c1-n1c2ccccc2c2cc(-c3cccc(-c4ccccc4)n3)ccc21. The number of fused-ring (bicyclic) bond motifs is 6. The number of nitriles is 1. The fourth-order valence-electron chi connectivity index (χ4n) is 9.70. The first-order valence-corrected chi connectivity index (χ1v) is 21.9. The van der Waals surface area contributed by atoms with Crippen LogP contribution in [-0.2, 0) is 0 Å². The van der Waals surface area contributed by atoms with Crippen LogP contribution in [0.4, 0.5) is 0 Å². The summed E-state index contributed by atoms with van der Waals surface area (Å²) in [5.74, 6) is 0. The molecule has 4 aromatic heterocycles. The Hall–Kier alpha value is -8.85. The Bertz CT molecular complexity index is 3850. The van der Waals surface area contributed by atoms with Gasteiger partial charge in [-0.25, -0.2) is 9.97 Å². The van der Waals surface area contributed by atoms with Crippen LogP contribution in [-0.4, -0.2) is 19.1 Å². The average molecular weight is 830 g/mol. The summed E-state index contributed by atoms with van der Waals surface area (Å²) < 4.78 is 4.83. The summed E-state index contributed by atoms with van der Waals surface area (Å²) >= 11 is 0. The predicted octanol–water partition coefficient (Wildman–Crippen LogP) is 15.2. The highest BCUT2D eigenvalue weighted by atomic mass is 15.0. The molecule has 0 aliphatic carbocycles. The fraction of sp³-hybridized carbons (Fsp3) is 0.0167. The van der Waals surface area contributed by atoms with Gasteiger partial charge in [0.25, 0.3) is 0 Å². The summed E-state index contributed by atoms with van der Waals surface area (Å²) in [7, 11) is 0. The molecule has 0 unspecified atom stereocenters. The van der Waals surface area contributed by atoms with Crippen LogP contribution in [0.25, 0.3) is 111 Å². The van der Waals surface area contributed by atoms with Crippen molar-refractivity contribution in [1.29, 1.82) is 5.26 Å². The van der Waals surface area contributed by atoms with Crippen LogP contribution in [0.2, 0.25) is 0 Å². The minimum atomic E-state index is 0.620. The number of pyridine rings is 2. The average Bonchev–Trinajstić information content (AvgIpc) is 3.88. The zero-order valence-corrected chi connectivity index (χ0v) is 35.5. The number of nitrogens with zero attached hydrogens (tertiary/aromatic N) is 5. The summed E-state index contributed by atoms with van der Waals surface area (Å²) in [6, 6.07) is 78.8. The van der Waals surface area contributed by atoms with E-state index in [0.29, 0.717) is 5.56 Å². The van der Waals surface area contributed by atoms with Gasteiger partial charge >= 0.3 is 0 Å². The molecule has 0 spiro atoms. The number of rotatable bonds is 7. The van der Waals surface area contributed by atoms with Gasteiger partial charge in [0.05, 0.1) is 67.8 Å². The molecule has 0 radical (unpaired) electrons. The van der Waals surface area contributed by atoms with Crippen LogP contribution >= 0.6 is 0 Å². The van der Waals surface area contributed by atoms with Gasteiger partial charge in [0, 0.05) is 49.4 Å². The van der Waals surface area contributed by atoms with E-state index in [4.69, 9.17) is 9.97 Å². The molecular formula is C60H39N5. The largest absolute Gasteiger partial charge is 0.309 e. The van der Waals surface area contributed by atoms with Crippen molar-refractivity contribution in [2.45, 2.75) is 6.92 Å². The second kappa shape index (κ2) is 15.5. The number of benzene rings is 8. The fourth-order valence-corrected chi connectivity index (χ4v) is 9.70. The maximum atomic E-state index is 10.1. The highest BCUT2D eigenvalue weighted by Crippen LogP contribution is 2.43. The molecule has 4 heterocycles. The second-order valence-corrected chi connectivity index (χ2v) is 16.5. The van der Waals surface area contributed by atoms with Crippen molar-refractivity contribution in [2.24, 2.45) is 0 Å². The van der Waals surface area contributed by atoms with E-state index in [0.717, 1.165) is 111 Å². The number of hydrogen-bond donors (Lipinski definition) is 0. The highest BCUT2D eigenvalue weighted by Gasteiger charge is 2.23. The summed E-state index contributed by atoms with van der Waals surface area (Å²) in [4.78, 5) is 10.3. The molecule has 5 heteroatoms. The van der Waals surface area contributed by atoms with Crippen LogP contribution in [0, 0.1) is 18.3 Å². The van der Waals surface area contributed by atoms with Crippen molar-refractivity contribution in [1.82, 2.24) is 19.1 Å². The van der Waals surface area contributed by atoms with Crippen molar-refractivity contribution >= 4 is 43.6 Å². The lowest BCUT2D eigenvalue weighted by atomic mass is 9.97. The topological polar surface area (TPSA) is 59.4 Å². The van der Waals surface area contributed by atoms with Gasteiger partial charge in [0.15, 0.2) is 0 Å². The second-order valence-electron chi connectivity index (χ2n) is 16.5. The third kappa shape index (κ3) is 6.39. The Kier molecular flexibility index (Phi) is 9.03. The monoisotopic (exact) mass is 829 g/mol. The van der Waals surface area contributed by atoms with Crippen LogP contribution in [0.3, 0.4) is 0 Å². The summed E-state index contributed by atoms with van der Waals surface area (Å²) in [6.45, 7) is 2.24. The van der Waals surface area contributed by atoms with Crippen molar-refractivity contribution in [3.8, 4) is 73.6 Å². The Morgan fingerprint density at radius 1 is 0.369 bits per heavy atom. The van der Waals surface area contributed by atoms with Crippen molar-refractivity contribution in [3.05, 3.63) is 230 Å². The molecule has 0 saturated heterocycles. The molecule has 65 heavy (non-hydrogen) atoms. The normalized spacial score (nSPS) is 11.4. The van der Waals surface area contributed by atoms with Crippen LogP contribution in [0.15, 0.2) is 218 Å². The van der Waals surface area contributed by atoms with Crippen LogP contribution < -0.4 is 0 Å². The zero-order valence-electron chi connectivity index (χ0n) is 35.5. The third-order valence-electron chi connectivity index (χ3n) is 12.7. The van der Waals surface area contributed by atoms with Gasteiger partial charge in [-0.3, -0.25) is 0 Å². The van der Waals surface area contributed by atoms with E-state index in [-0.39, 0.29) is 0 Å². The predicted molar refractivity (Wildman–Crippen MR) is 267 cm³/mol. The molecule has 5 nitrogen and oxygen atoms in total. The van der Waals surface area contributed by atoms with E-state index in [9.17, 15) is 5.26 Å². The maximum Gasteiger partial charge on any atom is 0.0991 e. The van der Waals surface area contributed by atoms with Gasteiger partial charge in [-0.15, -0.1) is 0 Å². The van der Waals surface area contributed by atoms with Gasteiger partial charge in [0.1, 0.15) is 0 Å².